The van der Waals surface area contributed by atoms with E-state index >= 15 is 0 Å². The van der Waals surface area contributed by atoms with Crippen LogP contribution in [-0.4, -0.2) is 9.85 Å². The van der Waals surface area contributed by atoms with Crippen LogP contribution in [0.4, 0.5) is 17.1 Å². The van der Waals surface area contributed by atoms with E-state index < -0.39 is 21.2 Å². The zero-order chi connectivity index (χ0) is 11.7. The molecule has 80 valence electrons. The second-order valence-electron chi connectivity index (χ2n) is 2.78. The summed E-state index contributed by atoms with van der Waals surface area (Å²) >= 11 is 5.63. The van der Waals surface area contributed by atoms with Crippen molar-refractivity contribution >= 4 is 28.7 Å². The highest BCUT2D eigenvalue weighted by atomic mass is 35.5. The molecular formula is C7H6ClN3O4. The molecule has 0 saturated heterocycles. The van der Waals surface area contributed by atoms with E-state index in [9.17, 15) is 20.2 Å². The molecule has 0 bridgehead atoms. The lowest BCUT2D eigenvalue weighted by Crippen LogP contribution is -2.01. The van der Waals surface area contributed by atoms with Crippen molar-refractivity contribution in [2.75, 3.05) is 5.73 Å². The molecule has 0 amide bonds. The van der Waals surface area contributed by atoms with Crippen molar-refractivity contribution in [3.05, 3.63) is 36.9 Å². The summed E-state index contributed by atoms with van der Waals surface area (Å²) in [4.78, 5) is 19.5. The standard InChI is InChI=1S/C7H6ClN3O4/c1-3-6(8)4(10(12)13)2-5(7(3)9)11(14)15/h2H,9H2,1H3. The second-order valence-corrected chi connectivity index (χ2v) is 3.16. The average molecular weight is 232 g/mol. The van der Waals surface area contributed by atoms with E-state index in [1.54, 1.807) is 0 Å². The van der Waals surface area contributed by atoms with Gasteiger partial charge in [-0.25, -0.2) is 0 Å². The molecule has 0 radical (unpaired) electrons. The Morgan fingerprint density at radius 3 is 2.13 bits per heavy atom. The number of nitro groups is 2. The molecule has 0 spiro atoms. The van der Waals surface area contributed by atoms with Crippen LogP contribution in [0.3, 0.4) is 0 Å². The summed E-state index contributed by atoms with van der Waals surface area (Å²) in [6.07, 6.45) is 0. The number of nitrogens with two attached hydrogens (primary N) is 1. The van der Waals surface area contributed by atoms with Gasteiger partial charge in [-0.05, 0) is 6.92 Å². The fourth-order valence-corrected chi connectivity index (χ4v) is 1.28. The Balaban J connectivity index is 3.59. The lowest BCUT2D eigenvalue weighted by Gasteiger charge is -2.04. The molecule has 1 aromatic carbocycles. The number of benzene rings is 1. The molecule has 0 fully saturated rings. The normalized spacial score (nSPS) is 10.0. The second kappa shape index (κ2) is 3.70. The van der Waals surface area contributed by atoms with Gasteiger partial charge in [0.25, 0.3) is 11.4 Å². The van der Waals surface area contributed by atoms with Gasteiger partial charge >= 0.3 is 0 Å². The Hall–Kier alpha value is -1.89. The molecule has 0 aliphatic carbocycles. The monoisotopic (exact) mass is 231 g/mol. The summed E-state index contributed by atoms with van der Waals surface area (Å²) in [7, 11) is 0. The first kappa shape index (κ1) is 11.2. The first-order valence-electron chi connectivity index (χ1n) is 3.73. The minimum absolute atomic E-state index is 0.137. The summed E-state index contributed by atoms with van der Waals surface area (Å²) in [6, 6.07) is 0.755. The van der Waals surface area contributed by atoms with Crippen LogP contribution < -0.4 is 5.73 Å². The number of halogens is 1. The molecular weight excluding hydrogens is 226 g/mol. The highest BCUT2D eigenvalue weighted by Gasteiger charge is 2.25. The largest absolute Gasteiger partial charge is 0.393 e. The van der Waals surface area contributed by atoms with Crippen LogP contribution >= 0.6 is 11.6 Å². The first-order chi connectivity index (χ1) is 6.86. The van der Waals surface area contributed by atoms with Crippen LogP contribution in [0.1, 0.15) is 5.56 Å². The van der Waals surface area contributed by atoms with Crippen LogP contribution in [0.5, 0.6) is 0 Å². The summed E-state index contributed by atoms with van der Waals surface area (Å²) in [5, 5.41) is 20.9. The molecule has 0 aliphatic heterocycles. The predicted molar refractivity (Wildman–Crippen MR) is 53.9 cm³/mol. The molecule has 2 N–H and O–H groups in total. The van der Waals surface area contributed by atoms with E-state index in [4.69, 9.17) is 17.3 Å². The minimum Gasteiger partial charge on any atom is -0.393 e. The third kappa shape index (κ3) is 1.82. The number of anilines is 1. The van der Waals surface area contributed by atoms with Crippen molar-refractivity contribution in [3.63, 3.8) is 0 Å². The van der Waals surface area contributed by atoms with Crippen LogP contribution in [0.25, 0.3) is 0 Å². The molecule has 0 unspecified atom stereocenters. The van der Waals surface area contributed by atoms with Gasteiger partial charge in [0.1, 0.15) is 10.7 Å². The Labute approximate surface area is 88.7 Å². The Morgan fingerprint density at radius 1 is 1.27 bits per heavy atom. The van der Waals surface area contributed by atoms with Crippen LogP contribution in [0, 0.1) is 27.2 Å². The fraction of sp³-hybridized carbons (Fsp3) is 0.143. The molecule has 1 rings (SSSR count). The lowest BCUT2D eigenvalue weighted by molar-refractivity contribution is -0.393. The molecule has 15 heavy (non-hydrogen) atoms. The van der Waals surface area contributed by atoms with E-state index in [0.717, 1.165) is 6.07 Å². The van der Waals surface area contributed by atoms with Gasteiger partial charge in [0.05, 0.1) is 15.9 Å². The number of hydrogen-bond acceptors (Lipinski definition) is 5. The van der Waals surface area contributed by atoms with Crippen molar-refractivity contribution in [2.24, 2.45) is 0 Å². The van der Waals surface area contributed by atoms with Crippen molar-refractivity contribution in [1.29, 1.82) is 0 Å². The van der Waals surface area contributed by atoms with Gasteiger partial charge in [0.15, 0.2) is 0 Å². The van der Waals surface area contributed by atoms with Gasteiger partial charge in [-0.15, -0.1) is 0 Å². The highest BCUT2D eigenvalue weighted by molar-refractivity contribution is 6.34. The quantitative estimate of drug-likeness (QED) is 0.475. The smallest absolute Gasteiger partial charge is 0.299 e. The van der Waals surface area contributed by atoms with Gasteiger partial charge in [0.2, 0.25) is 0 Å². The third-order valence-electron chi connectivity index (χ3n) is 1.90. The summed E-state index contributed by atoms with van der Waals surface area (Å²) in [5.74, 6) is 0. The fourth-order valence-electron chi connectivity index (χ4n) is 1.06. The maximum absolute atomic E-state index is 10.5. The maximum Gasteiger partial charge on any atom is 0.299 e. The zero-order valence-corrected chi connectivity index (χ0v) is 8.32. The van der Waals surface area contributed by atoms with Crippen LogP contribution in [0.15, 0.2) is 6.07 Å². The number of nitrogens with zero attached hydrogens (tertiary/aromatic N) is 2. The van der Waals surface area contributed by atoms with Gasteiger partial charge in [-0.2, -0.15) is 0 Å². The molecule has 1 aromatic rings. The first-order valence-corrected chi connectivity index (χ1v) is 4.11. The van der Waals surface area contributed by atoms with Crippen LogP contribution in [-0.2, 0) is 0 Å². The van der Waals surface area contributed by atoms with E-state index in [1.165, 1.54) is 6.92 Å². The Bertz CT molecular complexity index is 422. The Morgan fingerprint density at radius 2 is 1.73 bits per heavy atom. The number of nitro benzene ring substituents is 2. The molecule has 0 aromatic heterocycles. The van der Waals surface area contributed by atoms with E-state index in [-0.39, 0.29) is 16.3 Å². The van der Waals surface area contributed by atoms with Gasteiger partial charge < -0.3 is 5.73 Å². The third-order valence-corrected chi connectivity index (χ3v) is 2.38. The minimum atomic E-state index is -0.790. The topological polar surface area (TPSA) is 112 Å². The van der Waals surface area contributed by atoms with Crippen molar-refractivity contribution in [1.82, 2.24) is 0 Å². The molecule has 0 aliphatic rings. The van der Waals surface area contributed by atoms with Crippen molar-refractivity contribution in [3.8, 4) is 0 Å². The lowest BCUT2D eigenvalue weighted by atomic mass is 10.1. The Kier molecular flexibility index (Phi) is 2.76. The number of nitrogen functional groups attached to an aromatic ring is 1. The van der Waals surface area contributed by atoms with E-state index in [0.29, 0.717) is 0 Å². The molecule has 0 heterocycles. The summed E-state index contributed by atoms with van der Waals surface area (Å²) < 4.78 is 0. The number of hydrogen-bond donors (Lipinski definition) is 1. The number of rotatable bonds is 2. The SMILES string of the molecule is Cc1c(N)c([N+](=O)[O-])cc([N+](=O)[O-])c1Cl. The molecule has 0 atom stereocenters. The van der Waals surface area contributed by atoms with Gasteiger partial charge in [-0.1, -0.05) is 11.6 Å². The van der Waals surface area contributed by atoms with Crippen molar-refractivity contribution < 1.29 is 9.85 Å². The van der Waals surface area contributed by atoms with Crippen molar-refractivity contribution in [2.45, 2.75) is 6.92 Å². The average Bonchev–Trinajstić information content (AvgIpc) is 2.13. The molecule has 0 saturated carbocycles. The van der Waals surface area contributed by atoms with E-state index in [1.807, 2.05) is 0 Å². The van der Waals surface area contributed by atoms with Gasteiger partial charge in [0, 0.05) is 5.56 Å². The molecule has 8 heteroatoms. The molecule has 7 nitrogen and oxygen atoms in total. The zero-order valence-electron chi connectivity index (χ0n) is 7.56. The van der Waals surface area contributed by atoms with Crippen LogP contribution in [0.2, 0.25) is 5.02 Å². The maximum atomic E-state index is 10.5. The highest BCUT2D eigenvalue weighted by Crippen LogP contribution is 2.37. The van der Waals surface area contributed by atoms with E-state index in [2.05, 4.69) is 0 Å². The summed E-state index contributed by atoms with van der Waals surface area (Å²) in [6.45, 7) is 1.39. The summed E-state index contributed by atoms with van der Waals surface area (Å²) in [5.41, 5.74) is 4.36. The predicted octanol–water partition coefficient (Wildman–Crippen LogP) is 2.05. The van der Waals surface area contributed by atoms with Gasteiger partial charge in [-0.3, -0.25) is 20.2 Å².